The summed E-state index contributed by atoms with van der Waals surface area (Å²) in [5.74, 6) is -1.22. The van der Waals surface area contributed by atoms with E-state index in [4.69, 9.17) is 5.73 Å². The van der Waals surface area contributed by atoms with Crippen LogP contribution in [0.4, 0.5) is 24.7 Å². The molecule has 180 valence electrons. The van der Waals surface area contributed by atoms with Gasteiger partial charge in [-0.3, -0.25) is 9.59 Å². The summed E-state index contributed by atoms with van der Waals surface area (Å²) in [7, 11) is 0. The summed E-state index contributed by atoms with van der Waals surface area (Å²) in [6, 6.07) is 10.3. The Hall–Kier alpha value is -4.02. The predicted octanol–water partition coefficient (Wildman–Crippen LogP) is 3.83. The zero-order chi connectivity index (χ0) is 25.0. The van der Waals surface area contributed by atoms with Crippen LogP contribution in [-0.4, -0.2) is 21.9 Å². The van der Waals surface area contributed by atoms with Gasteiger partial charge in [-0.2, -0.15) is 0 Å². The quantitative estimate of drug-likeness (QED) is 0.479. The van der Waals surface area contributed by atoms with Gasteiger partial charge < -0.3 is 21.2 Å². The molecule has 0 fully saturated rings. The third kappa shape index (κ3) is 6.06. The highest BCUT2D eigenvalue weighted by molar-refractivity contribution is 5.96. The van der Waals surface area contributed by atoms with E-state index in [0.717, 1.165) is 0 Å². The smallest absolute Gasteiger partial charge is 0.406 e. The normalized spacial score (nSPS) is 12.2. The molecule has 3 aromatic rings. The zero-order valence-corrected chi connectivity index (χ0v) is 18.7. The number of carbonyl (C=O) groups excluding carboxylic acids is 1. The maximum Gasteiger partial charge on any atom is 0.573 e. The fourth-order valence-corrected chi connectivity index (χ4v) is 3.41. The molecule has 0 radical (unpaired) electrons. The summed E-state index contributed by atoms with van der Waals surface area (Å²) in [5.41, 5.74) is 10.4. The largest absolute Gasteiger partial charge is 0.573 e. The Morgan fingerprint density at radius 3 is 2.62 bits per heavy atom. The van der Waals surface area contributed by atoms with Crippen LogP contribution >= 0.6 is 0 Å². The number of benzene rings is 1. The van der Waals surface area contributed by atoms with Crippen molar-refractivity contribution in [2.45, 2.75) is 39.6 Å². The highest BCUT2D eigenvalue weighted by Crippen LogP contribution is 2.24. The molecular weight excluding hydrogens is 451 g/mol. The van der Waals surface area contributed by atoms with Gasteiger partial charge in [-0.25, -0.2) is 9.66 Å². The van der Waals surface area contributed by atoms with Gasteiger partial charge in [-0.1, -0.05) is 12.1 Å². The van der Waals surface area contributed by atoms with E-state index >= 15 is 0 Å². The number of amides is 1. The number of nitrogens with two attached hydrogens (primary N) is 1. The van der Waals surface area contributed by atoms with Crippen LogP contribution in [0.1, 0.15) is 35.2 Å². The van der Waals surface area contributed by atoms with E-state index in [2.05, 4.69) is 20.5 Å². The number of alkyl halides is 3. The Kier molecular flexibility index (Phi) is 7.14. The first-order chi connectivity index (χ1) is 15.9. The number of aryl methyl sites for hydroxylation is 2. The molecule has 0 aliphatic heterocycles. The minimum absolute atomic E-state index is 0.0499. The minimum atomic E-state index is -4.80. The van der Waals surface area contributed by atoms with Gasteiger partial charge in [0.1, 0.15) is 11.6 Å². The molecule has 0 saturated heterocycles. The van der Waals surface area contributed by atoms with Crippen LogP contribution in [-0.2, 0) is 11.3 Å². The van der Waals surface area contributed by atoms with Crippen LogP contribution in [0.3, 0.4) is 0 Å². The lowest BCUT2D eigenvalue weighted by Crippen LogP contribution is -2.34. The van der Waals surface area contributed by atoms with Crippen molar-refractivity contribution in [3.63, 3.8) is 0 Å². The van der Waals surface area contributed by atoms with Gasteiger partial charge in [0.25, 0.3) is 5.56 Å². The number of carbonyl (C=O) groups is 1. The summed E-state index contributed by atoms with van der Waals surface area (Å²) in [4.78, 5) is 30.0. The van der Waals surface area contributed by atoms with Crippen molar-refractivity contribution in [2.75, 3.05) is 16.5 Å². The number of nitrogens with zero attached hydrogens (tertiary/aromatic N) is 2. The summed E-state index contributed by atoms with van der Waals surface area (Å²) in [6.07, 6.45) is -3.30. The summed E-state index contributed by atoms with van der Waals surface area (Å²) >= 11 is 0. The lowest BCUT2D eigenvalue weighted by Gasteiger charge is -2.18. The topological polar surface area (TPSA) is 111 Å². The van der Waals surface area contributed by atoms with Crippen molar-refractivity contribution in [2.24, 2.45) is 0 Å². The van der Waals surface area contributed by atoms with Gasteiger partial charge in [-0.05, 0) is 62.2 Å². The molecule has 34 heavy (non-hydrogen) atoms. The van der Waals surface area contributed by atoms with E-state index in [-0.39, 0.29) is 17.9 Å². The van der Waals surface area contributed by atoms with Gasteiger partial charge in [0.15, 0.2) is 0 Å². The van der Waals surface area contributed by atoms with E-state index < -0.39 is 23.7 Å². The second-order valence-electron chi connectivity index (χ2n) is 7.70. The molecule has 11 heteroatoms. The molecule has 1 aromatic carbocycles. The van der Waals surface area contributed by atoms with Gasteiger partial charge in [-0.15, -0.1) is 13.2 Å². The summed E-state index contributed by atoms with van der Waals surface area (Å²) in [5, 5.41) is 2.76. The molecular formula is C23H24F3N5O3. The van der Waals surface area contributed by atoms with Crippen molar-refractivity contribution in [1.29, 1.82) is 0 Å². The van der Waals surface area contributed by atoms with Crippen LogP contribution in [0.15, 0.2) is 53.5 Å². The lowest BCUT2D eigenvalue weighted by atomic mass is 9.97. The molecule has 2 aromatic heterocycles. The maximum atomic E-state index is 13.1. The molecule has 4 N–H and O–H groups in total. The van der Waals surface area contributed by atoms with Crippen molar-refractivity contribution in [3.05, 3.63) is 81.4 Å². The molecule has 0 aliphatic carbocycles. The van der Waals surface area contributed by atoms with Crippen LogP contribution in [0, 0.1) is 13.8 Å². The fraction of sp³-hybridized carbons (Fsp3) is 0.261. The molecule has 0 bridgehead atoms. The number of hydrogen-bond acceptors (Lipinski definition) is 6. The third-order valence-corrected chi connectivity index (χ3v) is 5.12. The molecule has 0 saturated carbocycles. The SMILES string of the molecule is Cc1ccn(NCc2cccc(OC(F)(F)F)c2)c(=O)c1C(C)C(=O)Nc1ccc(N)nc1C. The molecule has 0 aliphatic rings. The number of hydrogen-bond donors (Lipinski definition) is 3. The van der Waals surface area contributed by atoms with Crippen molar-refractivity contribution >= 4 is 17.4 Å². The highest BCUT2D eigenvalue weighted by Gasteiger charge is 2.31. The van der Waals surface area contributed by atoms with Crippen LogP contribution in [0.5, 0.6) is 5.75 Å². The van der Waals surface area contributed by atoms with E-state index in [1.54, 1.807) is 45.0 Å². The average Bonchev–Trinajstić information content (AvgIpc) is 2.74. The number of ether oxygens (including phenoxy) is 1. The van der Waals surface area contributed by atoms with E-state index in [0.29, 0.717) is 28.3 Å². The summed E-state index contributed by atoms with van der Waals surface area (Å²) in [6.45, 7) is 5.09. The summed E-state index contributed by atoms with van der Waals surface area (Å²) < 4.78 is 42.5. The lowest BCUT2D eigenvalue weighted by molar-refractivity contribution is -0.274. The first-order valence-corrected chi connectivity index (χ1v) is 10.3. The number of aromatic nitrogens is 2. The average molecular weight is 475 g/mol. The Labute approximate surface area is 193 Å². The second kappa shape index (κ2) is 9.86. The third-order valence-electron chi connectivity index (χ3n) is 5.12. The number of nitrogen functional groups attached to an aromatic ring is 1. The van der Waals surface area contributed by atoms with E-state index in [1.807, 2.05) is 0 Å². The van der Waals surface area contributed by atoms with Crippen molar-refractivity contribution < 1.29 is 22.7 Å². The molecule has 1 atom stereocenters. The van der Waals surface area contributed by atoms with Gasteiger partial charge in [0.05, 0.1) is 23.8 Å². The Morgan fingerprint density at radius 1 is 1.21 bits per heavy atom. The molecule has 0 spiro atoms. The Balaban J connectivity index is 1.77. The standard InChI is InChI=1S/C23H24F3N5O3/c1-13-9-10-31(28-12-16-5-4-6-17(11-16)34-23(24,25)26)22(33)20(13)14(2)21(32)30-18-7-8-19(27)29-15(18)3/h4-11,14,28H,12H2,1-3H3,(H2,27,29)(H,30,32). The van der Waals surface area contributed by atoms with Crippen LogP contribution < -0.4 is 26.8 Å². The maximum absolute atomic E-state index is 13.1. The van der Waals surface area contributed by atoms with Crippen molar-refractivity contribution in [3.8, 4) is 5.75 Å². The Bertz CT molecular complexity index is 1260. The monoisotopic (exact) mass is 475 g/mol. The number of pyridine rings is 2. The van der Waals surface area contributed by atoms with E-state index in [9.17, 15) is 22.8 Å². The first kappa shape index (κ1) is 24.6. The molecule has 1 amide bonds. The van der Waals surface area contributed by atoms with E-state index in [1.165, 1.54) is 29.1 Å². The van der Waals surface area contributed by atoms with Crippen LogP contribution in [0.25, 0.3) is 0 Å². The fourth-order valence-electron chi connectivity index (χ4n) is 3.41. The first-order valence-electron chi connectivity index (χ1n) is 10.3. The molecule has 3 rings (SSSR count). The predicted molar refractivity (Wildman–Crippen MR) is 122 cm³/mol. The number of anilines is 2. The van der Waals surface area contributed by atoms with Crippen molar-refractivity contribution in [1.82, 2.24) is 9.66 Å². The van der Waals surface area contributed by atoms with Gasteiger partial charge in [0.2, 0.25) is 5.91 Å². The van der Waals surface area contributed by atoms with Crippen LogP contribution in [0.2, 0.25) is 0 Å². The number of nitrogens with one attached hydrogen (secondary N) is 2. The number of halogens is 3. The number of rotatable bonds is 7. The van der Waals surface area contributed by atoms with Gasteiger partial charge in [0, 0.05) is 11.8 Å². The Morgan fingerprint density at radius 2 is 1.94 bits per heavy atom. The molecule has 2 heterocycles. The molecule has 1 unspecified atom stereocenters. The van der Waals surface area contributed by atoms with Gasteiger partial charge >= 0.3 is 6.36 Å². The molecule has 8 nitrogen and oxygen atoms in total. The minimum Gasteiger partial charge on any atom is -0.406 e. The highest BCUT2D eigenvalue weighted by atomic mass is 19.4. The zero-order valence-electron chi connectivity index (χ0n) is 18.7. The second-order valence-corrected chi connectivity index (χ2v) is 7.70.